The first-order valence-corrected chi connectivity index (χ1v) is 8.85. The first kappa shape index (κ1) is 18.1. The predicted octanol–water partition coefficient (Wildman–Crippen LogP) is 2.94. The molecule has 126 valence electrons. The van der Waals surface area contributed by atoms with Gasteiger partial charge >= 0.3 is 0 Å². The molecular formula is C19H22N2O2S. The molecule has 2 aromatic carbocycles. The second-order valence-corrected chi connectivity index (χ2v) is 6.68. The molecule has 0 unspecified atom stereocenters. The Kier molecular flexibility index (Phi) is 6.88. The zero-order valence-electron chi connectivity index (χ0n) is 14.0. The molecule has 2 aromatic rings. The highest BCUT2D eigenvalue weighted by Crippen LogP contribution is 2.17. The minimum absolute atomic E-state index is 0.0115. The quantitative estimate of drug-likeness (QED) is 0.601. The third kappa shape index (κ3) is 5.74. The van der Waals surface area contributed by atoms with E-state index in [1.54, 1.807) is 17.8 Å². The Morgan fingerprint density at radius 3 is 2.38 bits per heavy atom. The molecule has 4 nitrogen and oxygen atoms in total. The van der Waals surface area contributed by atoms with Gasteiger partial charge in [-0.1, -0.05) is 35.9 Å². The molecule has 2 amide bonds. The first-order chi connectivity index (χ1) is 11.6. The molecule has 0 fully saturated rings. The summed E-state index contributed by atoms with van der Waals surface area (Å²) in [7, 11) is 0. The average Bonchev–Trinajstić information content (AvgIpc) is 2.58. The Bertz CT molecular complexity index is 699. The van der Waals surface area contributed by atoms with Crippen molar-refractivity contribution < 1.29 is 9.59 Å². The standard InChI is InChI=1S/C19H22N2O2S/c1-14-7-9-16(10-8-14)24-12-11-20-18(22)13-21-19(23)17-6-4-3-5-15(17)2/h3-10H,11-13H2,1-2H3,(H,20,22)(H,21,23). The van der Waals surface area contributed by atoms with Crippen LogP contribution in [0.15, 0.2) is 53.4 Å². The second kappa shape index (κ2) is 9.13. The largest absolute Gasteiger partial charge is 0.354 e. The number of carbonyl (C=O) groups excluding carboxylic acids is 2. The van der Waals surface area contributed by atoms with Gasteiger partial charge in [-0.2, -0.15) is 0 Å². The van der Waals surface area contributed by atoms with Gasteiger partial charge in [0.25, 0.3) is 5.91 Å². The molecule has 2 rings (SSSR count). The van der Waals surface area contributed by atoms with Gasteiger partial charge in [0, 0.05) is 22.8 Å². The zero-order valence-corrected chi connectivity index (χ0v) is 14.8. The molecule has 2 N–H and O–H groups in total. The molecule has 0 aliphatic heterocycles. The van der Waals surface area contributed by atoms with Crippen molar-refractivity contribution in [2.45, 2.75) is 18.7 Å². The first-order valence-electron chi connectivity index (χ1n) is 7.86. The third-order valence-electron chi connectivity index (χ3n) is 3.51. The molecule has 0 saturated carbocycles. The summed E-state index contributed by atoms with van der Waals surface area (Å²) in [5.41, 5.74) is 2.72. The van der Waals surface area contributed by atoms with E-state index in [0.717, 1.165) is 11.3 Å². The highest BCUT2D eigenvalue weighted by atomic mass is 32.2. The number of amides is 2. The van der Waals surface area contributed by atoms with Gasteiger partial charge in [-0.3, -0.25) is 9.59 Å². The van der Waals surface area contributed by atoms with E-state index in [2.05, 4.69) is 41.8 Å². The Labute approximate surface area is 147 Å². The van der Waals surface area contributed by atoms with Crippen LogP contribution < -0.4 is 10.6 Å². The number of benzene rings is 2. The van der Waals surface area contributed by atoms with Gasteiger partial charge in [0.15, 0.2) is 0 Å². The van der Waals surface area contributed by atoms with E-state index in [1.807, 2.05) is 25.1 Å². The van der Waals surface area contributed by atoms with Crippen molar-refractivity contribution in [3.63, 3.8) is 0 Å². The average molecular weight is 342 g/mol. The second-order valence-electron chi connectivity index (χ2n) is 5.51. The molecular weight excluding hydrogens is 320 g/mol. The monoisotopic (exact) mass is 342 g/mol. The molecule has 0 aromatic heterocycles. The van der Waals surface area contributed by atoms with Gasteiger partial charge in [0.05, 0.1) is 6.54 Å². The maximum Gasteiger partial charge on any atom is 0.251 e. The lowest BCUT2D eigenvalue weighted by Crippen LogP contribution is -2.37. The summed E-state index contributed by atoms with van der Waals surface area (Å²) in [5.74, 6) is 0.388. The summed E-state index contributed by atoms with van der Waals surface area (Å²) in [4.78, 5) is 25.0. The minimum atomic E-state index is -0.225. The van der Waals surface area contributed by atoms with Crippen LogP contribution in [0, 0.1) is 13.8 Å². The van der Waals surface area contributed by atoms with Crippen LogP contribution in [0.1, 0.15) is 21.5 Å². The van der Waals surface area contributed by atoms with Crippen molar-refractivity contribution >= 4 is 23.6 Å². The van der Waals surface area contributed by atoms with E-state index < -0.39 is 0 Å². The van der Waals surface area contributed by atoms with Crippen molar-refractivity contribution in [3.8, 4) is 0 Å². The molecule has 0 aliphatic rings. The predicted molar refractivity (Wildman–Crippen MR) is 98.4 cm³/mol. The van der Waals surface area contributed by atoms with Crippen molar-refractivity contribution in [2.24, 2.45) is 0 Å². The van der Waals surface area contributed by atoms with Crippen molar-refractivity contribution in [1.29, 1.82) is 0 Å². The molecule has 0 aliphatic carbocycles. The number of nitrogens with one attached hydrogen (secondary N) is 2. The van der Waals surface area contributed by atoms with Crippen molar-refractivity contribution in [1.82, 2.24) is 10.6 Å². The van der Waals surface area contributed by atoms with Gasteiger partial charge in [-0.05, 0) is 37.6 Å². The van der Waals surface area contributed by atoms with Gasteiger partial charge in [-0.25, -0.2) is 0 Å². The van der Waals surface area contributed by atoms with Crippen LogP contribution >= 0.6 is 11.8 Å². The van der Waals surface area contributed by atoms with Crippen molar-refractivity contribution in [2.75, 3.05) is 18.8 Å². The lowest BCUT2D eigenvalue weighted by atomic mass is 10.1. The van der Waals surface area contributed by atoms with Gasteiger partial charge in [0.1, 0.15) is 0 Å². The van der Waals surface area contributed by atoms with E-state index in [1.165, 1.54) is 10.5 Å². The maximum absolute atomic E-state index is 12.0. The molecule has 24 heavy (non-hydrogen) atoms. The minimum Gasteiger partial charge on any atom is -0.354 e. The number of rotatable bonds is 7. The van der Waals surface area contributed by atoms with Crippen LogP contribution in [0.25, 0.3) is 0 Å². The summed E-state index contributed by atoms with van der Waals surface area (Å²) in [5, 5.41) is 5.46. The van der Waals surface area contributed by atoms with Gasteiger partial charge in [-0.15, -0.1) is 11.8 Å². The van der Waals surface area contributed by atoms with E-state index in [4.69, 9.17) is 0 Å². The number of aryl methyl sites for hydroxylation is 2. The molecule has 0 saturated heterocycles. The Morgan fingerprint density at radius 2 is 1.67 bits per heavy atom. The number of hydrogen-bond donors (Lipinski definition) is 2. The summed E-state index contributed by atoms with van der Waals surface area (Å²) in [6.45, 7) is 4.48. The topological polar surface area (TPSA) is 58.2 Å². The molecule has 0 heterocycles. The Morgan fingerprint density at radius 1 is 0.958 bits per heavy atom. The molecule has 0 bridgehead atoms. The van der Waals surface area contributed by atoms with E-state index in [-0.39, 0.29) is 18.4 Å². The number of carbonyl (C=O) groups is 2. The lowest BCUT2D eigenvalue weighted by Gasteiger charge is -2.08. The fourth-order valence-electron chi connectivity index (χ4n) is 2.14. The summed E-state index contributed by atoms with van der Waals surface area (Å²) in [6.07, 6.45) is 0. The summed E-state index contributed by atoms with van der Waals surface area (Å²) < 4.78 is 0. The fourth-order valence-corrected chi connectivity index (χ4v) is 2.91. The number of thioether (sulfide) groups is 1. The van der Waals surface area contributed by atoms with Crippen LogP contribution in [0.4, 0.5) is 0 Å². The van der Waals surface area contributed by atoms with E-state index in [9.17, 15) is 9.59 Å². The summed E-state index contributed by atoms with van der Waals surface area (Å²) in [6, 6.07) is 15.6. The normalized spacial score (nSPS) is 10.2. The Balaban J connectivity index is 1.65. The molecule has 5 heteroatoms. The third-order valence-corrected chi connectivity index (χ3v) is 4.53. The van der Waals surface area contributed by atoms with Crippen LogP contribution in [-0.4, -0.2) is 30.7 Å². The van der Waals surface area contributed by atoms with Gasteiger partial charge < -0.3 is 10.6 Å². The molecule has 0 spiro atoms. The smallest absolute Gasteiger partial charge is 0.251 e. The van der Waals surface area contributed by atoms with Crippen molar-refractivity contribution in [3.05, 3.63) is 65.2 Å². The van der Waals surface area contributed by atoms with Crippen LogP contribution in [0.5, 0.6) is 0 Å². The summed E-state index contributed by atoms with van der Waals surface area (Å²) >= 11 is 1.69. The molecule has 0 radical (unpaired) electrons. The van der Waals surface area contributed by atoms with Gasteiger partial charge in [0.2, 0.25) is 5.91 Å². The van der Waals surface area contributed by atoms with E-state index >= 15 is 0 Å². The highest BCUT2D eigenvalue weighted by molar-refractivity contribution is 7.99. The van der Waals surface area contributed by atoms with Crippen LogP contribution in [-0.2, 0) is 4.79 Å². The molecule has 0 atom stereocenters. The van der Waals surface area contributed by atoms with E-state index in [0.29, 0.717) is 12.1 Å². The maximum atomic E-state index is 12.0. The zero-order chi connectivity index (χ0) is 17.4. The Hall–Kier alpha value is -2.27. The fraction of sp³-hybridized carbons (Fsp3) is 0.263. The number of hydrogen-bond acceptors (Lipinski definition) is 3. The highest BCUT2D eigenvalue weighted by Gasteiger charge is 2.09. The van der Waals surface area contributed by atoms with Crippen LogP contribution in [0.2, 0.25) is 0 Å². The lowest BCUT2D eigenvalue weighted by molar-refractivity contribution is -0.120. The van der Waals surface area contributed by atoms with Crippen LogP contribution in [0.3, 0.4) is 0 Å². The SMILES string of the molecule is Cc1ccc(SCCNC(=O)CNC(=O)c2ccccc2C)cc1.